The maximum absolute atomic E-state index is 3.85. The van der Waals surface area contributed by atoms with E-state index in [0.29, 0.717) is 5.82 Å². The summed E-state index contributed by atoms with van der Waals surface area (Å²) in [5, 5.41) is 13.6. The van der Waals surface area contributed by atoms with Gasteiger partial charge in [-0.3, -0.25) is 0 Å². The minimum Gasteiger partial charge on any atom is -0.367 e. The van der Waals surface area contributed by atoms with Crippen molar-refractivity contribution in [2.24, 2.45) is 0 Å². The highest BCUT2D eigenvalue weighted by molar-refractivity contribution is 5.57. The van der Waals surface area contributed by atoms with Gasteiger partial charge in [0.05, 0.1) is 0 Å². The molecule has 0 unspecified atom stereocenters. The lowest BCUT2D eigenvalue weighted by molar-refractivity contribution is 0.881. The molecule has 0 aliphatic heterocycles. The van der Waals surface area contributed by atoms with Gasteiger partial charge in [0, 0.05) is 18.0 Å². The second-order valence-corrected chi connectivity index (χ2v) is 2.29. The van der Waals surface area contributed by atoms with Crippen LogP contribution in [0.2, 0.25) is 0 Å². The molecular formula is C6H7N5. The van der Waals surface area contributed by atoms with Crippen molar-refractivity contribution in [2.75, 3.05) is 0 Å². The van der Waals surface area contributed by atoms with Gasteiger partial charge in [-0.2, -0.15) is 5.21 Å². The Morgan fingerprint density at radius 3 is 2.82 bits per heavy atom. The van der Waals surface area contributed by atoms with Crippen LogP contribution in [-0.4, -0.2) is 25.6 Å². The van der Waals surface area contributed by atoms with Crippen LogP contribution in [0.25, 0.3) is 11.4 Å². The molecule has 0 spiro atoms. The first-order valence-corrected chi connectivity index (χ1v) is 3.25. The molecule has 56 valence electrons. The molecule has 0 fully saturated rings. The second kappa shape index (κ2) is 2.19. The molecule has 0 saturated heterocycles. The van der Waals surface area contributed by atoms with Gasteiger partial charge in [-0.1, -0.05) is 0 Å². The summed E-state index contributed by atoms with van der Waals surface area (Å²) < 4.78 is 0. The van der Waals surface area contributed by atoms with E-state index in [4.69, 9.17) is 0 Å². The predicted octanol–water partition coefficient (Wildman–Crippen LogP) is 0.503. The molecule has 0 bridgehead atoms. The maximum Gasteiger partial charge on any atom is 0.206 e. The highest BCUT2D eigenvalue weighted by Gasteiger charge is 2.05. The number of H-pyrrole nitrogens is 2. The number of hydrogen-bond donors (Lipinski definition) is 2. The van der Waals surface area contributed by atoms with Crippen molar-refractivity contribution >= 4 is 0 Å². The van der Waals surface area contributed by atoms with Gasteiger partial charge in [0.2, 0.25) is 5.82 Å². The zero-order chi connectivity index (χ0) is 7.68. The molecule has 2 aromatic rings. The average Bonchev–Trinajstić information content (AvgIpc) is 2.55. The quantitative estimate of drug-likeness (QED) is 0.620. The first-order valence-electron chi connectivity index (χ1n) is 3.25. The summed E-state index contributed by atoms with van der Waals surface area (Å²) in [7, 11) is 0. The summed E-state index contributed by atoms with van der Waals surface area (Å²) in [6.45, 7) is 1.99. The largest absolute Gasteiger partial charge is 0.367 e. The van der Waals surface area contributed by atoms with Crippen molar-refractivity contribution in [3.05, 3.63) is 18.0 Å². The SMILES string of the molecule is Cc1c[nH]cc1-c1nn[nH]n1. The van der Waals surface area contributed by atoms with Crippen LogP contribution < -0.4 is 0 Å². The van der Waals surface area contributed by atoms with Crippen LogP contribution in [0.4, 0.5) is 0 Å². The molecule has 0 saturated carbocycles. The Morgan fingerprint density at radius 1 is 1.36 bits per heavy atom. The first-order chi connectivity index (χ1) is 5.38. The molecule has 0 amide bonds. The third-order valence-corrected chi connectivity index (χ3v) is 1.54. The van der Waals surface area contributed by atoms with E-state index >= 15 is 0 Å². The van der Waals surface area contributed by atoms with E-state index in [9.17, 15) is 0 Å². The van der Waals surface area contributed by atoms with Crippen molar-refractivity contribution in [3.8, 4) is 11.4 Å². The number of nitrogens with one attached hydrogen (secondary N) is 2. The van der Waals surface area contributed by atoms with Gasteiger partial charge in [-0.15, -0.1) is 10.2 Å². The van der Waals surface area contributed by atoms with Gasteiger partial charge < -0.3 is 4.98 Å². The molecular weight excluding hydrogens is 142 g/mol. The van der Waals surface area contributed by atoms with Crippen LogP contribution in [0.15, 0.2) is 12.4 Å². The lowest BCUT2D eigenvalue weighted by atomic mass is 10.2. The Balaban J connectivity index is 2.53. The highest BCUT2D eigenvalue weighted by Crippen LogP contribution is 2.16. The Bertz CT molecular complexity index is 333. The van der Waals surface area contributed by atoms with Crippen LogP contribution in [0.1, 0.15) is 5.56 Å². The molecule has 0 radical (unpaired) electrons. The molecule has 2 aromatic heterocycles. The number of aromatic amines is 2. The molecule has 0 aliphatic carbocycles. The molecule has 0 aromatic carbocycles. The number of aryl methyl sites for hydroxylation is 1. The summed E-state index contributed by atoms with van der Waals surface area (Å²) >= 11 is 0. The van der Waals surface area contributed by atoms with Crippen molar-refractivity contribution in [1.82, 2.24) is 25.6 Å². The third kappa shape index (κ3) is 0.899. The molecule has 2 rings (SSSR count). The van der Waals surface area contributed by atoms with E-state index in [2.05, 4.69) is 25.6 Å². The Kier molecular flexibility index (Phi) is 1.21. The fourth-order valence-corrected chi connectivity index (χ4v) is 0.958. The van der Waals surface area contributed by atoms with E-state index in [0.717, 1.165) is 11.1 Å². The number of hydrogen-bond acceptors (Lipinski definition) is 3. The van der Waals surface area contributed by atoms with Gasteiger partial charge in [0.15, 0.2) is 0 Å². The first kappa shape index (κ1) is 6.09. The van der Waals surface area contributed by atoms with Gasteiger partial charge in [-0.25, -0.2) is 0 Å². The van der Waals surface area contributed by atoms with Gasteiger partial charge in [-0.05, 0) is 17.7 Å². The second-order valence-electron chi connectivity index (χ2n) is 2.29. The maximum atomic E-state index is 3.85. The van der Waals surface area contributed by atoms with Crippen LogP contribution in [0.5, 0.6) is 0 Å². The standard InChI is InChI=1S/C6H7N5/c1-4-2-7-3-5(4)6-8-10-11-9-6/h2-3,7H,1H3,(H,8,9,10,11). The van der Waals surface area contributed by atoms with E-state index in [1.165, 1.54) is 0 Å². The van der Waals surface area contributed by atoms with Gasteiger partial charge >= 0.3 is 0 Å². The minimum atomic E-state index is 0.628. The number of aromatic nitrogens is 5. The Morgan fingerprint density at radius 2 is 2.27 bits per heavy atom. The van der Waals surface area contributed by atoms with Crippen molar-refractivity contribution in [1.29, 1.82) is 0 Å². The number of rotatable bonds is 1. The average molecular weight is 149 g/mol. The van der Waals surface area contributed by atoms with E-state index < -0.39 is 0 Å². The smallest absolute Gasteiger partial charge is 0.206 e. The summed E-state index contributed by atoms with van der Waals surface area (Å²) in [5.41, 5.74) is 2.10. The molecule has 0 atom stereocenters. The summed E-state index contributed by atoms with van der Waals surface area (Å²) in [6, 6.07) is 0. The van der Waals surface area contributed by atoms with Gasteiger partial charge in [0.1, 0.15) is 0 Å². The molecule has 5 nitrogen and oxygen atoms in total. The van der Waals surface area contributed by atoms with Crippen molar-refractivity contribution in [2.45, 2.75) is 6.92 Å². The molecule has 5 heteroatoms. The van der Waals surface area contributed by atoms with Crippen molar-refractivity contribution < 1.29 is 0 Å². The topological polar surface area (TPSA) is 70.2 Å². The molecule has 11 heavy (non-hydrogen) atoms. The van der Waals surface area contributed by atoms with Crippen molar-refractivity contribution in [3.63, 3.8) is 0 Å². The zero-order valence-electron chi connectivity index (χ0n) is 6.00. The van der Waals surface area contributed by atoms with Crippen LogP contribution in [0, 0.1) is 6.92 Å². The molecule has 2 heterocycles. The van der Waals surface area contributed by atoms with Crippen LogP contribution in [0.3, 0.4) is 0 Å². The molecule has 2 N–H and O–H groups in total. The minimum absolute atomic E-state index is 0.628. The highest BCUT2D eigenvalue weighted by atomic mass is 15.5. The lowest BCUT2D eigenvalue weighted by Gasteiger charge is -1.87. The normalized spacial score (nSPS) is 10.3. The Labute approximate surface area is 62.8 Å². The molecule has 0 aliphatic rings. The van der Waals surface area contributed by atoms with E-state index in [1.54, 1.807) is 0 Å². The van der Waals surface area contributed by atoms with Crippen LogP contribution in [-0.2, 0) is 0 Å². The Hall–Kier alpha value is -1.65. The third-order valence-electron chi connectivity index (χ3n) is 1.54. The van der Waals surface area contributed by atoms with E-state index in [1.807, 2.05) is 19.3 Å². The monoisotopic (exact) mass is 149 g/mol. The zero-order valence-corrected chi connectivity index (χ0v) is 6.00. The fourth-order valence-electron chi connectivity index (χ4n) is 0.958. The lowest BCUT2D eigenvalue weighted by Crippen LogP contribution is -1.79. The fraction of sp³-hybridized carbons (Fsp3) is 0.167. The number of nitrogens with zero attached hydrogens (tertiary/aromatic N) is 3. The summed E-state index contributed by atoms with van der Waals surface area (Å²) in [4.78, 5) is 2.96. The summed E-state index contributed by atoms with van der Waals surface area (Å²) in [5.74, 6) is 0.628. The predicted molar refractivity (Wildman–Crippen MR) is 38.7 cm³/mol. The van der Waals surface area contributed by atoms with E-state index in [-0.39, 0.29) is 0 Å². The summed E-state index contributed by atoms with van der Waals surface area (Å²) in [6.07, 6.45) is 3.74. The number of tetrazole rings is 1. The van der Waals surface area contributed by atoms with Crippen LogP contribution >= 0.6 is 0 Å². The van der Waals surface area contributed by atoms with Gasteiger partial charge in [0.25, 0.3) is 0 Å².